The van der Waals surface area contributed by atoms with Gasteiger partial charge in [-0.25, -0.2) is 0 Å². The van der Waals surface area contributed by atoms with Crippen molar-refractivity contribution in [3.05, 3.63) is 59.7 Å². The molecule has 8 nitrogen and oxygen atoms in total. The number of phenolic OH excluding ortho intramolecular Hbond substituents is 1. The molecule has 1 atom stereocenters. The van der Waals surface area contributed by atoms with Gasteiger partial charge in [0, 0.05) is 37.8 Å². The number of nitrogens with one attached hydrogen (secondary N) is 3. The zero-order valence-corrected chi connectivity index (χ0v) is 21.1. The van der Waals surface area contributed by atoms with Crippen molar-refractivity contribution in [2.45, 2.75) is 25.8 Å². The fraction of sp³-hybridized carbons (Fsp3) is 0.375. The van der Waals surface area contributed by atoms with Crippen LogP contribution in [0, 0.1) is 11.3 Å². The molecule has 1 fully saturated rings. The molecule has 0 radical (unpaired) electrons. The second kappa shape index (κ2) is 13.5. The Balaban J connectivity index is 0.00000385. The van der Waals surface area contributed by atoms with E-state index in [1.54, 1.807) is 12.1 Å². The van der Waals surface area contributed by atoms with Crippen molar-refractivity contribution in [1.29, 1.82) is 5.26 Å². The molecule has 0 saturated carbocycles. The summed E-state index contributed by atoms with van der Waals surface area (Å²) in [6.07, 6.45) is 2.05. The molecular formula is C24H31IN6O2. The van der Waals surface area contributed by atoms with Crippen molar-refractivity contribution in [1.82, 2.24) is 16.0 Å². The average Bonchev–Trinajstić information content (AvgIpc) is 2.82. The van der Waals surface area contributed by atoms with E-state index in [0.717, 1.165) is 38.2 Å². The maximum atomic E-state index is 12.2. The SMILES string of the molecule is CCNC(=NCCNC(=O)c1ccc(O)cc1)NC1CCCN(c2ccccc2C#N)C1.I. The summed E-state index contributed by atoms with van der Waals surface area (Å²) in [5.41, 5.74) is 2.16. The fourth-order valence-corrected chi connectivity index (χ4v) is 3.72. The Morgan fingerprint density at radius 1 is 1.21 bits per heavy atom. The first-order chi connectivity index (χ1) is 15.6. The summed E-state index contributed by atoms with van der Waals surface area (Å²) in [6.45, 7) is 5.31. The Bertz CT molecular complexity index is 974. The van der Waals surface area contributed by atoms with Gasteiger partial charge in [-0.1, -0.05) is 12.1 Å². The quantitative estimate of drug-likeness (QED) is 0.179. The van der Waals surface area contributed by atoms with Crippen LogP contribution in [-0.4, -0.2) is 55.7 Å². The van der Waals surface area contributed by atoms with Crippen LogP contribution in [0.3, 0.4) is 0 Å². The molecular weight excluding hydrogens is 531 g/mol. The van der Waals surface area contributed by atoms with E-state index in [1.807, 2.05) is 31.2 Å². The Hall–Kier alpha value is -3.00. The number of amides is 1. The van der Waals surface area contributed by atoms with Crippen LogP contribution >= 0.6 is 24.0 Å². The maximum absolute atomic E-state index is 12.2. The molecule has 1 heterocycles. The smallest absolute Gasteiger partial charge is 0.251 e. The van der Waals surface area contributed by atoms with Crippen LogP contribution in [0.4, 0.5) is 5.69 Å². The van der Waals surface area contributed by atoms with Gasteiger partial charge < -0.3 is 26.0 Å². The summed E-state index contributed by atoms with van der Waals surface area (Å²) in [5, 5.41) is 28.3. The fourth-order valence-electron chi connectivity index (χ4n) is 3.72. The van der Waals surface area contributed by atoms with Crippen molar-refractivity contribution in [3.8, 4) is 11.8 Å². The first kappa shape index (κ1) is 26.3. The molecule has 3 rings (SSSR count). The minimum Gasteiger partial charge on any atom is -0.508 e. The topological polar surface area (TPSA) is 113 Å². The zero-order chi connectivity index (χ0) is 22.8. The molecule has 2 aromatic rings. The summed E-state index contributed by atoms with van der Waals surface area (Å²) in [7, 11) is 0. The summed E-state index contributed by atoms with van der Waals surface area (Å²) in [6, 6.07) is 16.3. The van der Waals surface area contributed by atoms with Crippen molar-refractivity contribution in [2.24, 2.45) is 4.99 Å². The molecule has 0 aliphatic carbocycles. The maximum Gasteiger partial charge on any atom is 0.251 e. The van der Waals surface area contributed by atoms with Gasteiger partial charge in [-0.3, -0.25) is 9.79 Å². The van der Waals surface area contributed by atoms with Gasteiger partial charge in [0.05, 0.1) is 17.8 Å². The zero-order valence-electron chi connectivity index (χ0n) is 18.8. The number of halogens is 1. The molecule has 1 saturated heterocycles. The summed E-state index contributed by atoms with van der Waals surface area (Å²) >= 11 is 0. The standard InChI is InChI=1S/C24H30N6O2.HI/c1-2-26-24(28-14-13-27-23(32)18-9-11-21(31)12-10-18)29-20-7-5-15-30(17-20)22-8-4-3-6-19(22)16-25;/h3-4,6,8-12,20,31H,2,5,7,13-15,17H2,1H3,(H,27,32)(H2,26,28,29);1H. The molecule has 0 aromatic heterocycles. The van der Waals surface area contributed by atoms with Gasteiger partial charge in [-0.2, -0.15) is 5.26 Å². The third-order valence-electron chi connectivity index (χ3n) is 5.27. The number of guanidine groups is 1. The number of carbonyl (C=O) groups excluding carboxylic acids is 1. The molecule has 4 N–H and O–H groups in total. The van der Waals surface area contributed by atoms with Crippen molar-refractivity contribution in [3.63, 3.8) is 0 Å². The predicted molar refractivity (Wildman–Crippen MR) is 141 cm³/mol. The van der Waals surface area contributed by atoms with E-state index in [9.17, 15) is 15.2 Å². The van der Waals surface area contributed by atoms with Gasteiger partial charge >= 0.3 is 0 Å². The lowest BCUT2D eigenvalue weighted by atomic mass is 10.0. The van der Waals surface area contributed by atoms with Crippen LogP contribution in [-0.2, 0) is 0 Å². The Morgan fingerprint density at radius 2 is 1.97 bits per heavy atom. The largest absolute Gasteiger partial charge is 0.508 e. The van der Waals surface area contributed by atoms with Gasteiger partial charge in [-0.15, -0.1) is 24.0 Å². The normalized spacial score (nSPS) is 15.7. The number of nitriles is 1. The highest BCUT2D eigenvalue weighted by atomic mass is 127. The van der Waals surface area contributed by atoms with Crippen LogP contribution in [0.15, 0.2) is 53.5 Å². The van der Waals surface area contributed by atoms with Crippen molar-refractivity contribution in [2.75, 3.05) is 37.6 Å². The average molecular weight is 562 g/mol. The molecule has 0 spiro atoms. The minimum absolute atomic E-state index is 0. The number of hydrogen-bond donors (Lipinski definition) is 4. The monoisotopic (exact) mass is 562 g/mol. The molecule has 2 aromatic carbocycles. The molecule has 176 valence electrons. The number of para-hydroxylation sites is 1. The van der Waals surface area contributed by atoms with E-state index in [-0.39, 0.29) is 41.7 Å². The first-order valence-corrected chi connectivity index (χ1v) is 11.0. The van der Waals surface area contributed by atoms with E-state index < -0.39 is 0 Å². The first-order valence-electron chi connectivity index (χ1n) is 11.0. The Morgan fingerprint density at radius 3 is 2.70 bits per heavy atom. The lowest BCUT2D eigenvalue weighted by Gasteiger charge is -2.35. The number of nitrogens with zero attached hydrogens (tertiary/aromatic N) is 3. The predicted octanol–water partition coefficient (Wildman–Crippen LogP) is 2.84. The van der Waals surface area contributed by atoms with Gasteiger partial charge in [0.15, 0.2) is 5.96 Å². The van der Waals surface area contributed by atoms with Crippen LogP contribution in [0.25, 0.3) is 0 Å². The molecule has 1 aliphatic heterocycles. The summed E-state index contributed by atoms with van der Waals surface area (Å²) < 4.78 is 0. The number of benzene rings is 2. The van der Waals surface area contributed by atoms with Gasteiger partial charge in [-0.05, 0) is 56.2 Å². The Labute approximate surface area is 212 Å². The number of aromatic hydroxyl groups is 1. The van der Waals surface area contributed by atoms with E-state index in [0.29, 0.717) is 30.2 Å². The highest BCUT2D eigenvalue weighted by molar-refractivity contribution is 14.0. The van der Waals surface area contributed by atoms with Crippen molar-refractivity contribution >= 4 is 41.5 Å². The lowest BCUT2D eigenvalue weighted by Crippen LogP contribution is -2.51. The second-order valence-electron chi connectivity index (χ2n) is 7.62. The van der Waals surface area contributed by atoms with Gasteiger partial charge in [0.1, 0.15) is 11.8 Å². The van der Waals surface area contributed by atoms with Crippen molar-refractivity contribution < 1.29 is 9.90 Å². The number of aliphatic imine (C=N–C) groups is 1. The highest BCUT2D eigenvalue weighted by Gasteiger charge is 2.22. The Kier molecular flexibility index (Phi) is 10.8. The molecule has 0 bridgehead atoms. The lowest BCUT2D eigenvalue weighted by molar-refractivity contribution is 0.0955. The van der Waals surface area contributed by atoms with E-state index >= 15 is 0 Å². The van der Waals surface area contributed by atoms with E-state index in [1.165, 1.54) is 12.1 Å². The number of anilines is 1. The van der Waals surface area contributed by atoms with E-state index in [2.05, 4.69) is 31.9 Å². The summed E-state index contributed by atoms with van der Waals surface area (Å²) in [5.74, 6) is 0.647. The van der Waals surface area contributed by atoms with Crippen LogP contribution in [0.2, 0.25) is 0 Å². The van der Waals surface area contributed by atoms with Crippen LogP contribution in [0.5, 0.6) is 5.75 Å². The molecule has 33 heavy (non-hydrogen) atoms. The molecule has 1 amide bonds. The third-order valence-corrected chi connectivity index (χ3v) is 5.27. The molecule has 1 aliphatic rings. The number of phenols is 1. The molecule has 9 heteroatoms. The van der Waals surface area contributed by atoms with Gasteiger partial charge in [0.25, 0.3) is 5.91 Å². The highest BCUT2D eigenvalue weighted by Crippen LogP contribution is 2.23. The number of hydrogen-bond acceptors (Lipinski definition) is 5. The number of carbonyl (C=O) groups is 1. The molecule has 1 unspecified atom stereocenters. The van der Waals surface area contributed by atoms with E-state index in [4.69, 9.17) is 0 Å². The third kappa shape index (κ3) is 7.82. The van der Waals surface area contributed by atoms with Crippen LogP contribution < -0.4 is 20.9 Å². The number of rotatable bonds is 7. The van der Waals surface area contributed by atoms with Gasteiger partial charge in [0.2, 0.25) is 0 Å². The summed E-state index contributed by atoms with van der Waals surface area (Å²) in [4.78, 5) is 19.0. The minimum atomic E-state index is -0.197. The number of piperidine rings is 1. The van der Waals surface area contributed by atoms with Crippen LogP contribution in [0.1, 0.15) is 35.7 Å². The second-order valence-corrected chi connectivity index (χ2v) is 7.62.